The van der Waals surface area contributed by atoms with E-state index in [0.29, 0.717) is 12.0 Å². The Morgan fingerprint density at radius 3 is 3.00 bits per heavy atom. The van der Waals surface area contributed by atoms with Gasteiger partial charge < -0.3 is 5.73 Å². The first-order chi connectivity index (χ1) is 7.22. The second-order valence-corrected chi connectivity index (χ2v) is 4.34. The first-order valence-electron chi connectivity index (χ1n) is 5.49. The summed E-state index contributed by atoms with van der Waals surface area (Å²) >= 11 is 0. The Morgan fingerprint density at radius 1 is 1.60 bits per heavy atom. The highest BCUT2D eigenvalue weighted by atomic mass is 15.3. The summed E-state index contributed by atoms with van der Waals surface area (Å²) in [5.74, 6) is 1.71. The topological polar surface area (TPSA) is 60.0 Å². The van der Waals surface area contributed by atoms with E-state index in [0.717, 1.165) is 25.5 Å². The molecule has 0 spiro atoms. The van der Waals surface area contributed by atoms with Crippen molar-refractivity contribution >= 4 is 0 Å². The molecule has 0 bridgehead atoms. The van der Waals surface area contributed by atoms with Gasteiger partial charge in [0.25, 0.3) is 0 Å². The van der Waals surface area contributed by atoms with Crippen LogP contribution < -0.4 is 5.73 Å². The van der Waals surface area contributed by atoms with Gasteiger partial charge in [0.2, 0.25) is 0 Å². The molecule has 84 valence electrons. The summed E-state index contributed by atoms with van der Waals surface area (Å²) in [5.41, 5.74) is 5.80. The van der Waals surface area contributed by atoms with Gasteiger partial charge in [0.1, 0.15) is 12.2 Å². The van der Waals surface area contributed by atoms with Crippen molar-refractivity contribution in [2.24, 2.45) is 18.7 Å². The van der Waals surface area contributed by atoms with Crippen LogP contribution in [0.2, 0.25) is 0 Å². The maximum atomic E-state index is 5.80. The quantitative estimate of drug-likeness (QED) is 0.760. The highest BCUT2D eigenvalue weighted by Crippen LogP contribution is 2.24. The summed E-state index contributed by atoms with van der Waals surface area (Å²) in [7, 11) is 1.93. The van der Waals surface area contributed by atoms with Crippen molar-refractivity contribution in [2.75, 3.05) is 13.1 Å². The molecule has 0 saturated carbocycles. The summed E-state index contributed by atoms with van der Waals surface area (Å²) in [4.78, 5) is 6.65. The van der Waals surface area contributed by atoms with Crippen LogP contribution in [0.1, 0.15) is 19.2 Å². The van der Waals surface area contributed by atoms with E-state index >= 15 is 0 Å². The molecule has 5 heteroatoms. The second-order valence-electron chi connectivity index (χ2n) is 4.34. The lowest BCUT2D eigenvalue weighted by molar-refractivity contribution is 0.220. The van der Waals surface area contributed by atoms with Gasteiger partial charge >= 0.3 is 0 Å². The molecule has 2 N–H and O–H groups in total. The maximum Gasteiger partial charge on any atom is 0.140 e. The van der Waals surface area contributed by atoms with Gasteiger partial charge in [-0.25, -0.2) is 4.98 Å². The zero-order valence-electron chi connectivity index (χ0n) is 9.43. The molecule has 1 aliphatic rings. The molecular formula is C10H19N5. The predicted octanol–water partition coefficient (Wildman–Crippen LogP) is -0.0158. The number of hydrogen-bond acceptors (Lipinski definition) is 4. The normalized spacial score (nSPS) is 27.4. The third-order valence-corrected chi connectivity index (χ3v) is 3.39. The monoisotopic (exact) mass is 209 g/mol. The molecule has 0 aromatic carbocycles. The minimum absolute atomic E-state index is 0.502. The average Bonchev–Trinajstić information content (AvgIpc) is 2.76. The lowest BCUT2D eigenvalue weighted by Crippen LogP contribution is -2.38. The largest absolute Gasteiger partial charge is 0.329 e. The highest BCUT2D eigenvalue weighted by Gasteiger charge is 2.30. The third kappa shape index (κ3) is 2.03. The molecule has 15 heavy (non-hydrogen) atoms. The predicted molar refractivity (Wildman–Crippen MR) is 58.0 cm³/mol. The van der Waals surface area contributed by atoms with E-state index in [4.69, 9.17) is 5.73 Å². The van der Waals surface area contributed by atoms with Crippen LogP contribution >= 0.6 is 0 Å². The van der Waals surface area contributed by atoms with Crippen molar-refractivity contribution in [3.05, 3.63) is 12.2 Å². The number of nitrogens with two attached hydrogens (primary N) is 1. The van der Waals surface area contributed by atoms with E-state index in [1.807, 2.05) is 11.7 Å². The number of likely N-dealkylation sites (tertiary alicyclic amines) is 1. The molecule has 1 aliphatic heterocycles. The smallest absolute Gasteiger partial charge is 0.140 e. The molecule has 2 rings (SSSR count). The van der Waals surface area contributed by atoms with Crippen LogP contribution in [-0.2, 0) is 13.6 Å². The van der Waals surface area contributed by atoms with Gasteiger partial charge in [-0.15, -0.1) is 0 Å². The van der Waals surface area contributed by atoms with Gasteiger partial charge in [0.05, 0.1) is 6.54 Å². The Labute approximate surface area is 90.3 Å². The second kappa shape index (κ2) is 4.28. The first kappa shape index (κ1) is 10.6. The van der Waals surface area contributed by atoms with Crippen LogP contribution in [0.25, 0.3) is 0 Å². The number of rotatable bonds is 3. The van der Waals surface area contributed by atoms with E-state index in [2.05, 4.69) is 21.9 Å². The molecule has 2 atom stereocenters. The van der Waals surface area contributed by atoms with Crippen molar-refractivity contribution < 1.29 is 0 Å². The van der Waals surface area contributed by atoms with Crippen LogP contribution in [0.3, 0.4) is 0 Å². The third-order valence-electron chi connectivity index (χ3n) is 3.39. The Bertz CT molecular complexity index is 321. The van der Waals surface area contributed by atoms with Crippen LogP contribution in [0.4, 0.5) is 0 Å². The Hall–Kier alpha value is -0.940. The minimum atomic E-state index is 0.502. The number of nitrogens with zero attached hydrogens (tertiary/aromatic N) is 4. The maximum absolute atomic E-state index is 5.80. The molecule has 5 nitrogen and oxygen atoms in total. The molecular weight excluding hydrogens is 190 g/mol. The highest BCUT2D eigenvalue weighted by molar-refractivity contribution is 4.91. The van der Waals surface area contributed by atoms with Crippen molar-refractivity contribution in [1.82, 2.24) is 19.7 Å². The molecule has 1 aromatic rings. The number of aromatic nitrogens is 3. The fraction of sp³-hybridized carbons (Fsp3) is 0.800. The van der Waals surface area contributed by atoms with Gasteiger partial charge in [-0.2, -0.15) is 5.10 Å². The molecule has 1 fully saturated rings. The fourth-order valence-corrected chi connectivity index (χ4v) is 2.31. The zero-order valence-corrected chi connectivity index (χ0v) is 9.43. The van der Waals surface area contributed by atoms with E-state index < -0.39 is 0 Å². The van der Waals surface area contributed by atoms with Crippen LogP contribution in [-0.4, -0.2) is 38.8 Å². The van der Waals surface area contributed by atoms with Crippen molar-refractivity contribution in [3.63, 3.8) is 0 Å². The van der Waals surface area contributed by atoms with Crippen LogP contribution in [0, 0.1) is 5.92 Å². The lowest BCUT2D eigenvalue weighted by atomic mass is 10.0. The first-order valence-corrected chi connectivity index (χ1v) is 5.49. The van der Waals surface area contributed by atoms with Gasteiger partial charge in [-0.05, 0) is 18.9 Å². The van der Waals surface area contributed by atoms with E-state index in [1.165, 1.54) is 6.42 Å². The minimum Gasteiger partial charge on any atom is -0.329 e. The summed E-state index contributed by atoms with van der Waals surface area (Å²) in [6.45, 7) is 4.99. The van der Waals surface area contributed by atoms with Crippen LogP contribution in [0.15, 0.2) is 6.33 Å². The van der Waals surface area contributed by atoms with E-state index in [1.54, 1.807) is 6.33 Å². The van der Waals surface area contributed by atoms with Gasteiger partial charge in [-0.3, -0.25) is 9.58 Å². The van der Waals surface area contributed by atoms with Gasteiger partial charge in [-0.1, -0.05) is 6.92 Å². The summed E-state index contributed by atoms with van der Waals surface area (Å²) in [6, 6.07) is 0.502. The molecule has 0 amide bonds. The summed E-state index contributed by atoms with van der Waals surface area (Å²) in [5, 5.41) is 4.08. The van der Waals surface area contributed by atoms with Gasteiger partial charge in [0.15, 0.2) is 0 Å². The average molecular weight is 209 g/mol. The number of aryl methyl sites for hydroxylation is 1. The van der Waals surface area contributed by atoms with Crippen molar-refractivity contribution in [3.8, 4) is 0 Å². The molecule has 2 heterocycles. The SMILES string of the molecule is CC1CCN(Cc2ncnn2C)C1CN. The molecule has 2 unspecified atom stereocenters. The standard InChI is InChI=1S/C10H19N5/c1-8-3-4-15(9(8)5-11)6-10-12-7-13-14(10)2/h7-9H,3-6,11H2,1-2H3. The summed E-state index contributed by atoms with van der Waals surface area (Å²) in [6.07, 6.45) is 2.84. The Balaban J connectivity index is 2.03. The Kier molecular flexibility index (Phi) is 3.02. The Morgan fingerprint density at radius 2 is 2.40 bits per heavy atom. The molecule has 0 aliphatic carbocycles. The lowest BCUT2D eigenvalue weighted by Gasteiger charge is -2.24. The molecule has 0 radical (unpaired) electrons. The summed E-state index contributed by atoms with van der Waals surface area (Å²) < 4.78 is 1.83. The zero-order chi connectivity index (χ0) is 10.8. The van der Waals surface area contributed by atoms with Gasteiger partial charge in [0, 0.05) is 19.6 Å². The van der Waals surface area contributed by atoms with Crippen molar-refractivity contribution in [2.45, 2.75) is 25.9 Å². The van der Waals surface area contributed by atoms with Crippen LogP contribution in [0.5, 0.6) is 0 Å². The fourth-order valence-electron chi connectivity index (χ4n) is 2.31. The number of hydrogen-bond donors (Lipinski definition) is 1. The molecule has 1 saturated heterocycles. The van der Waals surface area contributed by atoms with E-state index in [-0.39, 0.29) is 0 Å². The molecule has 1 aromatic heterocycles. The van der Waals surface area contributed by atoms with E-state index in [9.17, 15) is 0 Å². The van der Waals surface area contributed by atoms with Crippen molar-refractivity contribution in [1.29, 1.82) is 0 Å².